The standard InChI is InChI=1S/C34H45N3O6/c1-6-13-29(27-18-16-25(5)17-19-27)35-30(39)22-37-31(40)34(7-2,8-3)32(37)42-24-28(38)20-21-36(9-4)33(41)43-23-26-14-11-10-12-15-26/h6,10-12,14-19,29,32H,1,7-9,13,20-24H2,2-5H3,(H,35,39)/t29-,32+/m1/s1. The Hall–Kier alpha value is -3.98. The quantitative estimate of drug-likeness (QED) is 0.197. The number of hydrogen-bond donors (Lipinski definition) is 1. The minimum Gasteiger partial charge on any atom is -0.445 e. The minimum absolute atomic E-state index is 0.0838. The van der Waals surface area contributed by atoms with Crippen LogP contribution < -0.4 is 5.32 Å². The maximum Gasteiger partial charge on any atom is 0.410 e. The van der Waals surface area contributed by atoms with Gasteiger partial charge >= 0.3 is 6.09 Å². The molecule has 0 unspecified atom stereocenters. The number of ether oxygens (including phenoxy) is 2. The van der Waals surface area contributed by atoms with Crippen molar-refractivity contribution in [2.24, 2.45) is 5.41 Å². The van der Waals surface area contributed by atoms with Crippen LogP contribution in [0.15, 0.2) is 67.3 Å². The van der Waals surface area contributed by atoms with Crippen LogP contribution in [0.4, 0.5) is 4.79 Å². The van der Waals surface area contributed by atoms with Crippen molar-refractivity contribution in [3.63, 3.8) is 0 Å². The zero-order valence-corrected chi connectivity index (χ0v) is 25.8. The molecule has 1 aliphatic rings. The molecular formula is C34H45N3O6. The second-order valence-corrected chi connectivity index (χ2v) is 10.9. The van der Waals surface area contributed by atoms with Gasteiger partial charge in [0, 0.05) is 19.5 Å². The number of likely N-dealkylation sites (tertiary alicyclic amines) is 1. The van der Waals surface area contributed by atoms with Crippen molar-refractivity contribution in [1.29, 1.82) is 0 Å². The number of hydrogen-bond acceptors (Lipinski definition) is 6. The monoisotopic (exact) mass is 591 g/mol. The van der Waals surface area contributed by atoms with Crippen LogP contribution in [-0.4, -0.2) is 66.0 Å². The number of nitrogens with one attached hydrogen (secondary N) is 1. The summed E-state index contributed by atoms with van der Waals surface area (Å²) in [5.74, 6) is -0.669. The van der Waals surface area contributed by atoms with Gasteiger partial charge < -0.3 is 24.6 Å². The molecular weight excluding hydrogens is 546 g/mol. The molecule has 3 amide bonds. The van der Waals surface area contributed by atoms with Crippen molar-refractivity contribution in [2.45, 2.75) is 72.3 Å². The molecule has 0 spiro atoms. The Balaban J connectivity index is 1.55. The first-order valence-electron chi connectivity index (χ1n) is 15.1. The van der Waals surface area contributed by atoms with Crippen molar-refractivity contribution >= 4 is 23.7 Å². The minimum atomic E-state index is -0.783. The molecule has 1 heterocycles. The van der Waals surface area contributed by atoms with E-state index < -0.39 is 17.7 Å². The number of aryl methyl sites for hydroxylation is 1. The molecule has 43 heavy (non-hydrogen) atoms. The molecule has 1 N–H and O–H groups in total. The summed E-state index contributed by atoms with van der Waals surface area (Å²) in [5.41, 5.74) is 2.17. The maximum absolute atomic E-state index is 13.3. The highest BCUT2D eigenvalue weighted by molar-refractivity contribution is 5.93. The fourth-order valence-corrected chi connectivity index (χ4v) is 5.37. The zero-order chi connectivity index (χ0) is 31.4. The van der Waals surface area contributed by atoms with Gasteiger partial charge in [-0.25, -0.2) is 4.79 Å². The molecule has 2 atom stereocenters. The maximum atomic E-state index is 13.3. The van der Waals surface area contributed by atoms with Gasteiger partial charge in [0.1, 0.15) is 26.0 Å². The number of amides is 3. The van der Waals surface area contributed by atoms with Crippen LogP contribution in [0.1, 0.15) is 69.2 Å². The van der Waals surface area contributed by atoms with Crippen LogP contribution in [0.3, 0.4) is 0 Å². The largest absolute Gasteiger partial charge is 0.445 e. The number of carbonyl (C=O) groups is 4. The van der Waals surface area contributed by atoms with Gasteiger partial charge in [-0.05, 0) is 44.2 Å². The van der Waals surface area contributed by atoms with E-state index in [0.717, 1.165) is 16.7 Å². The summed E-state index contributed by atoms with van der Waals surface area (Å²) in [6.07, 6.45) is 2.24. The summed E-state index contributed by atoms with van der Waals surface area (Å²) in [5, 5.41) is 3.02. The molecule has 232 valence electrons. The van der Waals surface area contributed by atoms with Crippen molar-refractivity contribution in [3.8, 4) is 0 Å². The van der Waals surface area contributed by atoms with Gasteiger partial charge in [0.15, 0.2) is 5.78 Å². The van der Waals surface area contributed by atoms with E-state index in [-0.39, 0.29) is 56.4 Å². The van der Waals surface area contributed by atoms with Gasteiger partial charge in [0.2, 0.25) is 11.8 Å². The molecule has 0 aromatic heterocycles. The molecule has 9 nitrogen and oxygen atoms in total. The molecule has 0 bridgehead atoms. The number of ketones is 1. The van der Waals surface area contributed by atoms with E-state index in [1.54, 1.807) is 6.08 Å². The van der Waals surface area contributed by atoms with Gasteiger partial charge in [-0.2, -0.15) is 0 Å². The van der Waals surface area contributed by atoms with E-state index in [4.69, 9.17) is 9.47 Å². The second-order valence-electron chi connectivity index (χ2n) is 10.9. The second kappa shape index (κ2) is 16.0. The highest BCUT2D eigenvalue weighted by atomic mass is 16.6. The Morgan fingerprint density at radius 2 is 1.74 bits per heavy atom. The SMILES string of the molecule is C=CC[C@@H](NC(=O)CN1C(=O)C(CC)(CC)[C@@H]1OCC(=O)CCN(CC)C(=O)OCc1ccccc1)c1ccc(C)cc1. The topological polar surface area (TPSA) is 105 Å². The van der Waals surface area contributed by atoms with Gasteiger partial charge in [-0.1, -0.05) is 80.1 Å². The normalized spacial score (nSPS) is 16.1. The number of nitrogens with zero attached hydrogens (tertiary/aromatic N) is 2. The van der Waals surface area contributed by atoms with Crippen LogP contribution >= 0.6 is 0 Å². The molecule has 0 aliphatic carbocycles. The van der Waals surface area contributed by atoms with Crippen LogP contribution in [0.25, 0.3) is 0 Å². The molecule has 0 saturated carbocycles. The molecule has 1 aliphatic heterocycles. The lowest BCUT2D eigenvalue weighted by atomic mass is 9.71. The predicted molar refractivity (Wildman–Crippen MR) is 165 cm³/mol. The average molecular weight is 592 g/mol. The molecule has 1 saturated heterocycles. The highest BCUT2D eigenvalue weighted by Gasteiger charge is 2.59. The smallest absolute Gasteiger partial charge is 0.410 e. The summed E-state index contributed by atoms with van der Waals surface area (Å²) in [7, 11) is 0. The van der Waals surface area contributed by atoms with E-state index >= 15 is 0 Å². The van der Waals surface area contributed by atoms with Crippen molar-refractivity contribution < 1.29 is 28.7 Å². The molecule has 1 fully saturated rings. The first-order valence-corrected chi connectivity index (χ1v) is 15.1. The Bertz CT molecular complexity index is 1240. The molecule has 2 aromatic carbocycles. The van der Waals surface area contributed by atoms with Crippen molar-refractivity contribution in [2.75, 3.05) is 26.2 Å². The lowest BCUT2D eigenvalue weighted by Gasteiger charge is -2.54. The Labute approximate surface area is 255 Å². The number of rotatable bonds is 17. The van der Waals surface area contributed by atoms with Gasteiger partial charge in [-0.15, -0.1) is 6.58 Å². The van der Waals surface area contributed by atoms with E-state index in [2.05, 4.69) is 11.9 Å². The highest BCUT2D eigenvalue weighted by Crippen LogP contribution is 2.45. The first kappa shape index (κ1) is 33.5. The number of β-lactam (4-membered cyclic amide) rings is 1. The fourth-order valence-electron chi connectivity index (χ4n) is 5.37. The zero-order valence-electron chi connectivity index (χ0n) is 25.8. The lowest BCUT2D eigenvalue weighted by Crippen LogP contribution is -2.71. The number of Topliss-reactive ketones (excluding diaryl/α,β-unsaturated/α-hetero) is 1. The number of carbonyl (C=O) groups excluding carboxylic acids is 4. The lowest BCUT2D eigenvalue weighted by molar-refractivity contribution is -0.223. The van der Waals surface area contributed by atoms with Gasteiger partial charge in [0.25, 0.3) is 0 Å². The number of benzene rings is 2. The molecule has 2 aromatic rings. The summed E-state index contributed by atoms with van der Waals surface area (Å²) in [6.45, 7) is 11.8. The summed E-state index contributed by atoms with van der Waals surface area (Å²) in [4.78, 5) is 54.6. The summed E-state index contributed by atoms with van der Waals surface area (Å²) >= 11 is 0. The van der Waals surface area contributed by atoms with Crippen molar-refractivity contribution in [1.82, 2.24) is 15.1 Å². The van der Waals surface area contributed by atoms with Crippen LogP contribution in [0.2, 0.25) is 0 Å². The van der Waals surface area contributed by atoms with Crippen LogP contribution in [0.5, 0.6) is 0 Å². The fraction of sp³-hybridized carbons (Fsp3) is 0.471. The third kappa shape index (κ3) is 8.54. The predicted octanol–water partition coefficient (Wildman–Crippen LogP) is 5.34. The Morgan fingerprint density at radius 1 is 1.07 bits per heavy atom. The molecule has 9 heteroatoms. The first-order chi connectivity index (χ1) is 20.7. The summed E-state index contributed by atoms with van der Waals surface area (Å²) < 4.78 is 11.4. The van der Waals surface area contributed by atoms with E-state index in [9.17, 15) is 19.2 Å². The third-order valence-electron chi connectivity index (χ3n) is 8.14. The van der Waals surface area contributed by atoms with Gasteiger partial charge in [-0.3, -0.25) is 14.4 Å². The van der Waals surface area contributed by atoms with E-state index in [0.29, 0.717) is 25.8 Å². The third-order valence-corrected chi connectivity index (χ3v) is 8.14. The molecule has 3 rings (SSSR count). The van der Waals surface area contributed by atoms with Crippen molar-refractivity contribution in [3.05, 3.63) is 83.9 Å². The van der Waals surface area contributed by atoms with Crippen LogP contribution in [0, 0.1) is 12.3 Å². The summed E-state index contributed by atoms with van der Waals surface area (Å²) in [6, 6.07) is 17.0. The average Bonchev–Trinajstić information content (AvgIpc) is 3.01. The Morgan fingerprint density at radius 3 is 2.35 bits per heavy atom. The van der Waals surface area contributed by atoms with E-state index in [1.165, 1.54) is 9.80 Å². The van der Waals surface area contributed by atoms with E-state index in [1.807, 2.05) is 82.3 Å². The Kier molecular flexibility index (Phi) is 12.5. The van der Waals surface area contributed by atoms with Crippen LogP contribution in [-0.2, 0) is 30.5 Å². The molecule has 0 radical (unpaired) electrons. The van der Waals surface area contributed by atoms with Gasteiger partial charge in [0.05, 0.1) is 11.5 Å².